The molecule has 0 saturated heterocycles. The minimum Gasteiger partial charge on any atom is -0.497 e. The smallest absolute Gasteiger partial charge is 0.130 e. The van der Waals surface area contributed by atoms with Crippen LogP contribution in [0.4, 0.5) is 0 Å². The van der Waals surface area contributed by atoms with Crippen molar-refractivity contribution >= 4 is 0 Å². The molecule has 0 aliphatic heterocycles. The largest absolute Gasteiger partial charge is 0.497 e. The van der Waals surface area contributed by atoms with Crippen LogP contribution in [0.25, 0.3) is 0 Å². The third-order valence-corrected chi connectivity index (χ3v) is 3.22. The van der Waals surface area contributed by atoms with Crippen molar-refractivity contribution in [2.75, 3.05) is 14.2 Å². The second-order valence-electron chi connectivity index (χ2n) is 4.52. The van der Waals surface area contributed by atoms with E-state index in [1.54, 1.807) is 13.3 Å². The van der Waals surface area contributed by atoms with Crippen LogP contribution in [0.2, 0.25) is 0 Å². The second-order valence-corrected chi connectivity index (χ2v) is 4.52. The van der Waals surface area contributed by atoms with E-state index in [2.05, 4.69) is 17.2 Å². The van der Waals surface area contributed by atoms with E-state index in [4.69, 9.17) is 9.47 Å². The number of rotatable bonds is 6. The Bertz CT molecular complexity index is 543. The molecule has 0 radical (unpaired) electrons. The Labute approximate surface area is 119 Å². The Morgan fingerprint density at radius 2 is 2.10 bits per heavy atom. The van der Waals surface area contributed by atoms with Crippen molar-refractivity contribution < 1.29 is 9.47 Å². The van der Waals surface area contributed by atoms with Crippen molar-refractivity contribution in [1.82, 2.24) is 10.3 Å². The van der Waals surface area contributed by atoms with Gasteiger partial charge in [-0.3, -0.25) is 4.98 Å². The molecule has 0 aliphatic carbocycles. The summed E-state index contributed by atoms with van der Waals surface area (Å²) in [7, 11) is 3.58. The fourth-order valence-electron chi connectivity index (χ4n) is 1.92. The maximum atomic E-state index is 5.91. The minimum atomic E-state index is 0.208. The van der Waals surface area contributed by atoms with Gasteiger partial charge in [0.2, 0.25) is 0 Å². The van der Waals surface area contributed by atoms with E-state index in [1.807, 2.05) is 43.4 Å². The predicted octanol–water partition coefficient (Wildman–Crippen LogP) is 2.95. The SMILES string of the molecule is CNC(C)c1ccc(OC)cc1OCc1ccccn1. The quantitative estimate of drug-likeness (QED) is 0.878. The normalized spacial score (nSPS) is 11.9. The first-order valence-corrected chi connectivity index (χ1v) is 6.62. The van der Waals surface area contributed by atoms with Crippen LogP contribution in [0, 0.1) is 0 Å². The van der Waals surface area contributed by atoms with Crippen molar-refractivity contribution in [3.8, 4) is 11.5 Å². The molecule has 2 aromatic rings. The van der Waals surface area contributed by atoms with Gasteiger partial charge >= 0.3 is 0 Å². The number of hydrogen-bond donors (Lipinski definition) is 1. The molecule has 0 saturated carbocycles. The molecule has 1 N–H and O–H groups in total. The predicted molar refractivity (Wildman–Crippen MR) is 79.0 cm³/mol. The summed E-state index contributed by atoms with van der Waals surface area (Å²) >= 11 is 0. The number of nitrogens with zero attached hydrogens (tertiary/aromatic N) is 1. The Balaban J connectivity index is 2.19. The first-order chi connectivity index (χ1) is 9.74. The van der Waals surface area contributed by atoms with Crippen LogP contribution in [-0.2, 0) is 6.61 Å². The highest BCUT2D eigenvalue weighted by Crippen LogP contribution is 2.29. The van der Waals surface area contributed by atoms with Gasteiger partial charge in [0.15, 0.2) is 0 Å². The zero-order valence-electron chi connectivity index (χ0n) is 12.1. The van der Waals surface area contributed by atoms with Crippen molar-refractivity contribution in [1.29, 1.82) is 0 Å². The summed E-state index contributed by atoms with van der Waals surface area (Å²) in [6.45, 7) is 2.53. The first kappa shape index (κ1) is 14.3. The molecule has 0 amide bonds. The van der Waals surface area contributed by atoms with E-state index < -0.39 is 0 Å². The average molecular weight is 272 g/mol. The molecule has 4 nitrogen and oxygen atoms in total. The Hall–Kier alpha value is -2.07. The van der Waals surface area contributed by atoms with E-state index in [0.29, 0.717) is 6.61 Å². The third-order valence-electron chi connectivity index (χ3n) is 3.22. The van der Waals surface area contributed by atoms with Gasteiger partial charge in [0.1, 0.15) is 18.1 Å². The van der Waals surface area contributed by atoms with Crippen LogP contribution < -0.4 is 14.8 Å². The maximum Gasteiger partial charge on any atom is 0.130 e. The summed E-state index contributed by atoms with van der Waals surface area (Å²) in [5, 5.41) is 3.22. The van der Waals surface area contributed by atoms with Crippen LogP contribution in [0.3, 0.4) is 0 Å². The van der Waals surface area contributed by atoms with Crippen molar-refractivity contribution in [2.45, 2.75) is 19.6 Å². The third kappa shape index (κ3) is 3.48. The van der Waals surface area contributed by atoms with Gasteiger partial charge in [0, 0.05) is 23.9 Å². The Morgan fingerprint density at radius 3 is 2.75 bits per heavy atom. The van der Waals surface area contributed by atoms with Gasteiger partial charge < -0.3 is 14.8 Å². The number of ether oxygens (including phenoxy) is 2. The van der Waals surface area contributed by atoms with Crippen LogP contribution in [-0.4, -0.2) is 19.1 Å². The number of benzene rings is 1. The summed E-state index contributed by atoms with van der Waals surface area (Å²) in [6, 6.07) is 11.9. The van der Waals surface area contributed by atoms with Crippen molar-refractivity contribution in [3.63, 3.8) is 0 Å². The lowest BCUT2D eigenvalue weighted by Gasteiger charge is -2.17. The Morgan fingerprint density at radius 1 is 1.25 bits per heavy atom. The highest BCUT2D eigenvalue weighted by molar-refractivity contribution is 5.42. The molecule has 4 heteroatoms. The van der Waals surface area contributed by atoms with Crippen LogP contribution in [0.5, 0.6) is 11.5 Å². The van der Waals surface area contributed by atoms with Gasteiger partial charge in [-0.25, -0.2) is 0 Å². The zero-order chi connectivity index (χ0) is 14.4. The molecule has 1 aromatic heterocycles. The molecule has 20 heavy (non-hydrogen) atoms. The maximum absolute atomic E-state index is 5.91. The lowest BCUT2D eigenvalue weighted by Crippen LogP contribution is -2.14. The van der Waals surface area contributed by atoms with E-state index in [9.17, 15) is 0 Å². The number of nitrogens with one attached hydrogen (secondary N) is 1. The molecule has 0 bridgehead atoms. The van der Waals surface area contributed by atoms with Gasteiger partial charge in [0.25, 0.3) is 0 Å². The fraction of sp³-hybridized carbons (Fsp3) is 0.312. The lowest BCUT2D eigenvalue weighted by molar-refractivity contribution is 0.293. The van der Waals surface area contributed by atoms with E-state index >= 15 is 0 Å². The fourth-order valence-corrected chi connectivity index (χ4v) is 1.92. The van der Waals surface area contributed by atoms with Gasteiger partial charge in [0.05, 0.1) is 12.8 Å². The molecular weight excluding hydrogens is 252 g/mol. The summed E-state index contributed by atoms with van der Waals surface area (Å²) in [6.07, 6.45) is 1.77. The molecule has 1 aromatic carbocycles. The first-order valence-electron chi connectivity index (χ1n) is 6.62. The number of pyridine rings is 1. The number of aromatic nitrogens is 1. The average Bonchev–Trinajstić information content (AvgIpc) is 2.52. The summed E-state index contributed by atoms with van der Waals surface area (Å²) < 4.78 is 11.2. The summed E-state index contributed by atoms with van der Waals surface area (Å²) in [4.78, 5) is 4.26. The molecule has 106 valence electrons. The summed E-state index contributed by atoms with van der Waals surface area (Å²) in [5.41, 5.74) is 2.00. The van der Waals surface area contributed by atoms with E-state index in [0.717, 1.165) is 22.8 Å². The number of methoxy groups -OCH3 is 1. The van der Waals surface area contributed by atoms with Gasteiger partial charge in [-0.1, -0.05) is 12.1 Å². The molecule has 0 aliphatic rings. The zero-order valence-corrected chi connectivity index (χ0v) is 12.1. The van der Waals surface area contributed by atoms with Crippen LogP contribution >= 0.6 is 0 Å². The standard InChI is InChI=1S/C16H20N2O2/c1-12(17-2)15-8-7-14(19-3)10-16(15)20-11-13-6-4-5-9-18-13/h4-10,12,17H,11H2,1-3H3. The molecule has 0 spiro atoms. The molecule has 1 heterocycles. The van der Waals surface area contributed by atoms with Gasteiger partial charge in [-0.15, -0.1) is 0 Å². The van der Waals surface area contributed by atoms with Gasteiger partial charge in [-0.2, -0.15) is 0 Å². The number of hydrogen-bond acceptors (Lipinski definition) is 4. The summed E-state index contributed by atoms with van der Waals surface area (Å²) in [5.74, 6) is 1.60. The highest BCUT2D eigenvalue weighted by atomic mass is 16.5. The van der Waals surface area contributed by atoms with Crippen LogP contribution in [0.15, 0.2) is 42.6 Å². The second kappa shape index (κ2) is 6.91. The molecule has 1 atom stereocenters. The monoisotopic (exact) mass is 272 g/mol. The highest BCUT2D eigenvalue weighted by Gasteiger charge is 2.11. The topological polar surface area (TPSA) is 43.4 Å². The minimum absolute atomic E-state index is 0.208. The lowest BCUT2D eigenvalue weighted by atomic mass is 10.1. The molecular formula is C16H20N2O2. The molecule has 2 rings (SSSR count). The van der Waals surface area contributed by atoms with Gasteiger partial charge in [-0.05, 0) is 32.2 Å². The van der Waals surface area contributed by atoms with Crippen LogP contribution in [0.1, 0.15) is 24.2 Å². The van der Waals surface area contributed by atoms with E-state index in [1.165, 1.54) is 0 Å². The van der Waals surface area contributed by atoms with Crippen molar-refractivity contribution in [3.05, 3.63) is 53.9 Å². The van der Waals surface area contributed by atoms with E-state index in [-0.39, 0.29) is 6.04 Å². The molecule has 1 unspecified atom stereocenters. The van der Waals surface area contributed by atoms with Crippen molar-refractivity contribution in [2.24, 2.45) is 0 Å². The molecule has 0 fully saturated rings. The Kier molecular flexibility index (Phi) is 4.96.